The van der Waals surface area contributed by atoms with Crippen LogP contribution in [-0.4, -0.2) is 23.5 Å². The zero-order chi connectivity index (χ0) is 19.9. The summed E-state index contributed by atoms with van der Waals surface area (Å²) >= 11 is 1.18. The van der Waals surface area contributed by atoms with Crippen molar-refractivity contribution in [1.29, 1.82) is 0 Å². The van der Waals surface area contributed by atoms with Crippen LogP contribution in [0.3, 0.4) is 0 Å². The molecule has 144 valence electrons. The lowest BCUT2D eigenvalue weighted by molar-refractivity contribution is 0.102. The fraction of sp³-hybridized carbons (Fsp3) is 0.150. The molecule has 2 aromatic carbocycles. The van der Waals surface area contributed by atoms with E-state index in [2.05, 4.69) is 20.9 Å². The molecule has 3 N–H and O–H groups in total. The quantitative estimate of drug-likeness (QED) is 0.561. The zero-order valence-electron chi connectivity index (χ0n) is 15.5. The van der Waals surface area contributed by atoms with Gasteiger partial charge < -0.3 is 15.4 Å². The van der Waals surface area contributed by atoms with Crippen molar-refractivity contribution in [2.75, 3.05) is 22.6 Å². The Bertz CT molecular complexity index is 970. The summed E-state index contributed by atoms with van der Waals surface area (Å²) in [6.45, 7) is 4.43. The van der Waals surface area contributed by atoms with Crippen LogP contribution in [0.4, 0.5) is 21.3 Å². The molecular formula is C20H20N4O3S. The van der Waals surface area contributed by atoms with Gasteiger partial charge in [-0.15, -0.1) is 11.3 Å². The fourth-order valence-electron chi connectivity index (χ4n) is 2.41. The van der Waals surface area contributed by atoms with Gasteiger partial charge >= 0.3 is 6.03 Å². The van der Waals surface area contributed by atoms with Crippen molar-refractivity contribution in [2.24, 2.45) is 0 Å². The highest BCUT2D eigenvalue weighted by Crippen LogP contribution is 2.19. The summed E-state index contributed by atoms with van der Waals surface area (Å²) in [5.41, 5.74) is 2.58. The number of ether oxygens (including phenoxy) is 1. The van der Waals surface area contributed by atoms with Gasteiger partial charge in [-0.3, -0.25) is 10.1 Å². The molecule has 0 atom stereocenters. The van der Waals surface area contributed by atoms with Crippen molar-refractivity contribution in [3.63, 3.8) is 0 Å². The van der Waals surface area contributed by atoms with E-state index < -0.39 is 6.03 Å². The molecule has 3 aromatic rings. The van der Waals surface area contributed by atoms with Gasteiger partial charge in [0.05, 0.1) is 6.61 Å². The summed E-state index contributed by atoms with van der Waals surface area (Å²) in [7, 11) is 0. The second kappa shape index (κ2) is 9.01. The molecule has 1 aromatic heterocycles. The van der Waals surface area contributed by atoms with E-state index in [1.165, 1.54) is 11.3 Å². The smallest absolute Gasteiger partial charge is 0.325 e. The molecule has 0 unspecified atom stereocenters. The van der Waals surface area contributed by atoms with Crippen molar-refractivity contribution in [2.45, 2.75) is 13.8 Å². The van der Waals surface area contributed by atoms with E-state index in [4.69, 9.17) is 4.74 Å². The van der Waals surface area contributed by atoms with Gasteiger partial charge in [0.1, 0.15) is 11.4 Å². The molecule has 3 rings (SSSR count). The number of hydrogen-bond donors (Lipinski definition) is 3. The van der Waals surface area contributed by atoms with Gasteiger partial charge in [0.15, 0.2) is 5.13 Å². The van der Waals surface area contributed by atoms with Crippen LogP contribution >= 0.6 is 11.3 Å². The summed E-state index contributed by atoms with van der Waals surface area (Å²) in [5, 5.41) is 10.0. The van der Waals surface area contributed by atoms with Gasteiger partial charge in [-0.1, -0.05) is 12.1 Å². The maximum Gasteiger partial charge on any atom is 0.325 e. The van der Waals surface area contributed by atoms with Crippen LogP contribution in [-0.2, 0) is 0 Å². The van der Waals surface area contributed by atoms with E-state index >= 15 is 0 Å². The van der Waals surface area contributed by atoms with Crippen molar-refractivity contribution < 1.29 is 14.3 Å². The number of nitrogens with one attached hydrogen (secondary N) is 3. The minimum Gasteiger partial charge on any atom is -0.494 e. The molecule has 28 heavy (non-hydrogen) atoms. The van der Waals surface area contributed by atoms with E-state index in [9.17, 15) is 9.59 Å². The molecule has 0 aliphatic carbocycles. The van der Waals surface area contributed by atoms with E-state index in [1.54, 1.807) is 35.7 Å². The largest absolute Gasteiger partial charge is 0.494 e. The number of carbonyl (C=O) groups excluding carboxylic acids is 2. The fourth-order valence-corrected chi connectivity index (χ4v) is 3.10. The number of hydrogen-bond acceptors (Lipinski definition) is 5. The Balaban J connectivity index is 1.56. The Morgan fingerprint density at radius 2 is 1.82 bits per heavy atom. The minimum absolute atomic E-state index is 0.227. The van der Waals surface area contributed by atoms with Crippen molar-refractivity contribution in [3.8, 4) is 5.75 Å². The number of anilines is 3. The van der Waals surface area contributed by atoms with Gasteiger partial charge in [-0.25, -0.2) is 9.78 Å². The van der Waals surface area contributed by atoms with Gasteiger partial charge in [-0.2, -0.15) is 0 Å². The molecule has 0 saturated heterocycles. The lowest BCUT2D eigenvalue weighted by Gasteiger charge is -2.06. The number of aromatic nitrogens is 1. The number of carbonyl (C=O) groups is 2. The average Bonchev–Trinajstić information content (AvgIpc) is 3.12. The first-order chi connectivity index (χ1) is 13.5. The Kier molecular flexibility index (Phi) is 6.23. The highest BCUT2D eigenvalue weighted by atomic mass is 32.1. The molecule has 0 spiro atoms. The monoisotopic (exact) mass is 396 g/mol. The molecule has 0 bridgehead atoms. The number of benzene rings is 2. The SMILES string of the molecule is CCOc1ccc(NC(=O)c2csc(NC(=O)Nc3cccc(C)c3)n2)cc1. The van der Waals surface area contributed by atoms with E-state index in [1.807, 2.05) is 32.0 Å². The molecule has 0 saturated carbocycles. The number of thiazole rings is 1. The molecule has 0 radical (unpaired) electrons. The molecule has 1 heterocycles. The molecule has 8 heteroatoms. The highest BCUT2D eigenvalue weighted by Gasteiger charge is 2.13. The Morgan fingerprint density at radius 1 is 1.04 bits per heavy atom. The number of aryl methyl sites for hydroxylation is 1. The molecular weight excluding hydrogens is 376 g/mol. The Labute approximate surface area is 166 Å². The van der Waals surface area contributed by atoms with Crippen molar-refractivity contribution in [3.05, 3.63) is 65.2 Å². The predicted octanol–water partition coefficient (Wildman–Crippen LogP) is 4.75. The van der Waals surface area contributed by atoms with Gasteiger partial charge in [-0.05, 0) is 55.8 Å². The molecule has 3 amide bonds. The summed E-state index contributed by atoms with van der Waals surface area (Å²) < 4.78 is 5.37. The second-order valence-corrected chi connectivity index (χ2v) is 6.76. The minimum atomic E-state index is -0.418. The van der Waals surface area contributed by atoms with Crippen LogP contribution in [0.15, 0.2) is 53.9 Å². The highest BCUT2D eigenvalue weighted by molar-refractivity contribution is 7.14. The Morgan fingerprint density at radius 3 is 2.54 bits per heavy atom. The normalized spacial score (nSPS) is 10.2. The second-order valence-electron chi connectivity index (χ2n) is 5.90. The van der Waals surface area contributed by atoms with Crippen LogP contribution in [0.25, 0.3) is 0 Å². The predicted molar refractivity (Wildman–Crippen MR) is 111 cm³/mol. The maximum absolute atomic E-state index is 12.3. The zero-order valence-corrected chi connectivity index (χ0v) is 16.3. The van der Waals surface area contributed by atoms with E-state index in [0.29, 0.717) is 23.1 Å². The third kappa shape index (κ3) is 5.31. The third-order valence-electron chi connectivity index (χ3n) is 3.66. The number of urea groups is 1. The molecule has 0 aliphatic heterocycles. The third-order valence-corrected chi connectivity index (χ3v) is 4.41. The average molecular weight is 396 g/mol. The van der Waals surface area contributed by atoms with Crippen LogP contribution in [0.1, 0.15) is 23.0 Å². The van der Waals surface area contributed by atoms with E-state index in [-0.39, 0.29) is 11.6 Å². The maximum atomic E-state index is 12.3. The van der Waals surface area contributed by atoms with Crippen LogP contribution in [0, 0.1) is 6.92 Å². The van der Waals surface area contributed by atoms with Gasteiger partial charge in [0.2, 0.25) is 0 Å². The number of nitrogens with zero attached hydrogens (tertiary/aromatic N) is 1. The molecule has 0 fully saturated rings. The first kappa shape index (κ1) is 19.4. The first-order valence-corrected chi connectivity index (χ1v) is 9.56. The van der Waals surface area contributed by atoms with Crippen LogP contribution in [0.5, 0.6) is 5.75 Å². The summed E-state index contributed by atoms with van der Waals surface area (Å²) in [6, 6.07) is 14.1. The lowest BCUT2D eigenvalue weighted by Crippen LogP contribution is -2.19. The van der Waals surface area contributed by atoms with E-state index in [0.717, 1.165) is 11.3 Å². The first-order valence-electron chi connectivity index (χ1n) is 8.68. The van der Waals surface area contributed by atoms with Crippen molar-refractivity contribution >= 4 is 39.8 Å². The van der Waals surface area contributed by atoms with Gasteiger partial charge in [0.25, 0.3) is 5.91 Å². The summed E-state index contributed by atoms with van der Waals surface area (Å²) in [4.78, 5) is 28.6. The topological polar surface area (TPSA) is 92.4 Å². The Hall–Kier alpha value is -3.39. The molecule has 0 aliphatic rings. The van der Waals surface area contributed by atoms with Crippen LogP contribution in [0.2, 0.25) is 0 Å². The standard InChI is InChI=1S/C20H20N4O3S/c1-3-27-16-9-7-14(8-10-16)21-18(25)17-12-28-20(23-17)24-19(26)22-15-6-4-5-13(2)11-15/h4-12H,3H2,1-2H3,(H,21,25)(H2,22,23,24,26). The molecule has 7 nitrogen and oxygen atoms in total. The van der Waals surface area contributed by atoms with Crippen LogP contribution < -0.4 is 20.7 Å². The lowest BCUT2D eigenvalue weighted by atomic mass is 10.2. The van der Waals surface area contributed by atoms with Gasteiger partial charge in [0, 0.05) is 16.8 Å². The van der Waals surface area contributed by atoms with Crippen molar-refractivity contribution in [1.82, 2.24) is 4.98 Å². The summed E-state index contributed by atoms with van der Waals surface area (Å²) in [6.07, 6.45) is 0. The summed E-state index contributed by atoms with van der Waals surface area (Å²) in [5.74, 6) is 0.382. The number of rotatable bonds is 6. The number of amides is 3.